The Bertz CT molecular complexity index is 588. The highest BCUT2D eigenvalue weighted by Gasteiger charge is 2.10. The van der Waals surface area contributed by atoms with Crippen LogP contribution in [-0.2, 0) is 6.54 Å². The van der Waals surface area contributed by atoms with Crippen molar-refractivity contribution in [2.45, 2.75) is 13.2 Å². The molecule has 6 heteroatoms. The molecular weight excluding hydrogens is 283 g/mol. The molecule has 0 heterocycles. The highest BCUT2D eigenvalue weighted by Crippen LogP contribution is 2.23. The van der Waals surface area contributed by atoms with Crippen molar-refractivity contribution in [3.63, 3.8) is 0 Å². The zero-order valence-electron chi connectivity index (χ0n) is 11.3. The van der Waals surface area contributed by atoms with Gasteiger partial charge in [0.15, 0.2) is 11.6 Å². The molecule has 0 spiro atoms. The molecule has 0 aromatic heterocycles. The number of halogens is 3. The van der Waals surface area contributed by atoms with E-state index >= 15 is 0 Å². The van der Waals surface area contributed by atoms with Crippen LogP contribution in [0, 0.1) is 5.82 Å². The molecule has 2 aromatic rings. The first kappa shape index (κ1) is 15.0. The van der Waals surface area contributed by atoms with Crippen molar-refractivity contribution in [3.8, 4) is 11.5 Å². The van der Waals surface area contributed by atoms with E-state index in [-0.39, 0.29) is 0 Å². The predicted molar refractivity (Wildman–Crippen MR) is 73.4 cm³/mol. The van der Waals surface area contributed by atoms with Crippen molar-refractivity contribution in [2.24, 2.45) is 0 Å². The number of alkyl halides is 2. The maximum absolute atomic E-state index is 13.5. The lowest BCUT2D eigenvalue weighted by Gasteiger charge is -2.10. The van der Waals surface area contributed by atoms with E-state index in [1.807, 2.05) is 24.3 Å². The average Bonchev–Trinajstić information content (AvgIpc) is 2.48. The molecule has 0 fully saturated rings. The molecule has 0 radical (unpaired) electrons. The Hall–Kier alpha value is -2.37. The Morgan fingerprint density at radius 1 is 1.10 bits per heavy atom. The van der Waals surface area contributed by atoms with Gasteiger partial charge in [-0.2, -0.15) is 8.78 Å². The monoisotopic (exact) mass is 297 g/mol. The lowest BCUT2D eigenvalue weighted by Crippen LogP contribution is -2.05. The zero-order valence-corrected chi connectivity index (χ0v) is 11.3. The van der Waals surface area contributed by atoms with Crippen molar-refractivity contribution >= 4 is 5.69 Å². The molecule has 0 atom stereocenters. The van der Waals surface area contributed by atoms with Crippen LogP contribution in [0.1, 0.15) is 5.56 Å². The molecular formula is C15H14F3NO2. The summed E-state index contributed by atoms with van der Waals surface area (Å²) >= 11 is 0. The summed E-state index contributed by atoms with van der Waals surface area (Å²) < 4.78 is 46.6. The Morgan fingerprint density at radius 2 is 1.81 bits per heavy atom. The molecule has 2 rings (SSSR count). The number of benzene rings is 2. The highest BCUT2D eigenvalue weighted by atomic mass is 19.3. The molecule has 0 saturated heterocycles. The van der Waals surface area contributed by atoms with E-state index in [9.17, 15) is 13.2 Å². The summed E-state index contributed by atoms with van der Waals surface area (Å²) in [4.78, 5) is 0. The summed E-state index contributed by atoms with van der Waals surface area (Å²) in [6, 6.07) is 11.1. The summed E-state index contributed by atoms with van der Waals surface area (Å²) in [7, 11) is 1.58. The Labute approximate surface area is 120 Å². The molecule has 1 N–H and O–H groups in total. The fourth-order valence-electron chi connectivity index (χ4n) is 1.75. The van der Waals surface area contributed by atoms with E-state index in [4.69, 9.17) is 4.74 Å². The molecule has 0 unspecified atom stereocenters. The van der Waals surface area contributed by atoms with Gasteiger partial charge in [0, 0.05) is 18.3 Å². The van der Waals surface area contributed by atoms with Crippen LogP contribution in [0.25, 0.3) is 0 Å². The van der Waals surface area contributed by atoms with Crippen molar-refractivity contribution < 1.29 is 22.6 Å². The quantitative estimate of drug-likeness (QED) is 0.872. The number of hydrogen-bond acceptors (Lipinski definition) is 3. The zero-order chi connectivity index (χ0) is 15.2. The number of nitrogens with one attached hydrogen (secondary N) is 1. The minimum atomic E-state index is -3.04. The van der Waals surface area contributed by atoms with Gasteiger partial charge in [-0.25, -0.2) is 4.39 Å². The largest absolute Gasteiger partial charge is 0.497 e. The maximum Gasteiger partial charge on any atom is 0.387 e. The molecule has 0 amide bonds. The van der Waals surface area contributed by atoms with Crippen LogP contribution < -0.4 is 14.8 Å². The standard InChI is InChI=1S/C15H14F3NO2/c1-20-12-5-2-10(3-6-12)9-19-11-4-7-14(13(16)8-11)21-15(17)18/h2-8,15,19H,9H2,1H3. The summed E-state index contributed by atoms with van der Waals surface area (Å²) in [5, 5.41) is 3.00. The highest BCUT2D eigenvalue weighted by molar-refractivity contribution is 5.47. The molecule has 0 bridgehead atoms. The SMILES string of the molecule is COc1ccc(CNc2ccc(OC(F)F)c(F)c2)cc1. The number of methoxy groups -OCH3 is 1. The average molecular weight is 297 g/mol. The van der Waals surface area contributed by atoms with Crippen LogP contribution in [0.2, 0.25) is 0 Å². The van der Waals surface area contributed by atoms with Gasteiger partial charge in [0.2, 0.25) is 0 Å². The van der Waals surface area contributed by atoms with Gasteiger partial charge in [-0.1, -0.05) is 12.1 Å². The van der Waals surface area contributed by atoms with Gasteiger partial charge in [-0.15, -0.1) is 0 Å². The van der Waals surface area contributed by atoms with E-state index in [2.05, 4.69) is 10.1 Å². The third-order valence-electron chi connectivity index (χ3n) is 2.80. The summed E-state index contributed by atoms with van der Waals surface area (Å²) in [5.41, 5.74) is 1.45. The molecule has 0 aliphatic rings. The van der Waals surface area contributed by atoms with Crippen LogP contribution in [0.4, 0.5) is 18.9 Å². The Morgan fingerprint density at radius 3 is 2.38 bits per heavy atom. The van der Waals surface area contributed by atoms with Crippen LogP contribution in [0.3, 0.4) is 0 Å². The normalized spacial score (nSPS) is 10.5. The molecule has 3 nitrogen and oxygen atoms in total. The van der Waals surface area contributed by atoms with E-state index in [1.165, 1.54) is 6.07 Å². The van der Waals surface area contributed by atoms with Gasteiger partial charge in [-0.05, 0) is 29.8 Å². The maximum atomic E-state index is 13.5. The Kier molecular flexibility index (Phi) is 4.92. The van der Waals surface area contributed by atoms with E-state index in [1.54, 1.807) is 7.11 Å². The van der Waals surface area contributed by atoms with Crippen molar-refractivity contribution in [3.05, 3.63) is 53.8 Å². The summed E-state index contributed by atoms with van der Waals surface area (Å²) in [5.74, 6) is -0.562. The van der Waals surface area contributed by atoms with Crippen molar-refractivity contribution in [1.82, 2.24) is 0 Å². The third kappa shape index (κ3) is 4.30. The van der Waals surface area contributed by atoms with E-state index in [0.717, 1.165) is 23.4 Å². The first-order valence-electron chi connectivity index (χ1n) is 6.19. The fraction of sp³-hybridized carbons (Fsp3) is 0.200. The van der Waals surface area contributed by atoms with Crippen LogP contribution in [0.5, 0.6) is 11.5 Å². The molecule has 2 aromatic carbocycles. The number of hydrogen-bond donors (Lipinski definition) is 1. The number of rotatable bonds is 6. The summed E-state index contributed by atoms with van der Waals surface area (Å²) in [6.07, 6.45) is 0. The van der Waals surface area contributed by atoms with E-state index < -0.39 is 18.2 Å². The van der Waals surface area contributed by atoms with Gasteiger partial charge in [0.25, 0.3) is 0 Å². The van der Waals surface area contributed by atoms with Crippen LogP contribution >= 0.6 is 0 Å². The first-order valence-corrected chi connectivity index (χ1v) is 6.19. The van der Waals surface area contributed by atoms with Gasteiger partial charge in [0.05, 0.1) is 7.11 Å². The fourth-order valence-corrected chi connectivity index (χ4v) is 1.75. The summed E-state index contributed by atoms with van der Waals surface area (Å²) in [6.45, 7) is -2.57. The van der Waals surface area contributed by atoms with Crippen LogP contribution in [-0.4, -0.2) is 13.7 Å². The van der Waals surface area contributed by atoms with E-state index in [0.29, 0.717) is 12.2 Å². The number of anilines is 1. The smallest absolute Gasteiger partial charge is 0.387 e. The lowest BCUT2D eigenvalue weighted by atomic mass is 10.2. The molecule has 0 saturated carbocycles. The Balaban J connectivity index is 1.98. The minimum absolute atomic E-state index is 0.471. The lowest BCUT2D eigenvalue weighted by molar-refractivity contribution is -0.0521. The van der Waals surface area contributed by atoms with Gasteiger partial charge in [0.1, 0.15) is 5.75 Å². The van der Waals surface area contributed by atoms with Gasteiger partial charge in [-0.3, -0.25) is 0 Å². The second-order valence-corrected chi connectivity index (χ2v) is 4.23. The molecule has 21 heavy (non-hydrogen) atoms. The molecule has 0 aliphatic carbocycles. The first-order chi connectivity index (χ1) is 10.1. The van der Waals surface area contributed by atoms with Crippen molar-refractivity contribution in [2.75, 3.05) is 12.4 Å². The predicted octanol–water partition coefficient (Wildman–Crippen LogP) is 4.05. The molecule has 0 aliphatic heterocycles. The second-order valence-electron chi connectivity index (χ2n) is 4.23. The third-order valence-corrected chi connectivity index (χ3v) is 2.80. The minimum Gasteiger partial charge on any atom is -0.497 e. The van der Waals surface area contributed by atoms with Crippen LogP contribution in [0.15, 0.2) is 42.5 Å². The number of ether oxygens (including phenoxy) is 2. The molecule has 112 valence electrons. The van der Waals surface area contributed by atoms with Gasteiger partial charge < -0.3 is 14.8 Å². The topological polar surface area (TPSA) is 30.5 Å². The second kappa shape index (κ2) is 6.88. The van der Waals surface area contributed by atoms with Crippen molar-refractivity contribution in [1.29, 1.82) is 0 Å². The van der Waals surface area contributed by atoms with Gasteiger partial charge >= 0.3 is 6.61 Å².